The molecule has 0 radical (unpaired) electrons. The number of hydrogen-bond acceptors (Lipinski definition) is 2. The molecule has 1 aromatic carbocycles. The van der Waals surface area contributed by atoms with E-state index in [1.165, 1.54) is 22.8 Å². The fraction of sp³-hybridized carbons (Fsp3) is 0.286. The first-order chi connectivity index (χ1) is 9.08. The summed E-state index contributed by atoms with van der Waals surface area (Å²) >= 11 is 0. The van der Waals surface area contributed by atoms with E-state index < -0.39 is 5.82 Å². The number of amides is 1. The van der Waals surface area contributed by atoms with Crippen molar-refractivity contribution in [1.82, 2.24) is 9.47 Å². The highest BCUT2D eigenvalue weighted by Crippen LogP contribution is 2.17. The summed E-state index contributed by atoms with van der Waals surface area (Å²) in [6.07, 6.45) is 0.988. The van der Waals surface area contributed by atoms with Crippen LogP contribution in [0.3, 0.4) is 0 Å². The summed E-state index contributed by atoms with van der Waals surface area (Å²) in [7, 11) is 1.57. The Kier molecular flexibility index (Phi) is 2.62. The van der Waals surface area contributed by atoms with E-state index in [9.17, 15) is 14.0 Å². The third-order valence-electron chi connectivity index (χ3n) is 3.56. The van der Waals surface area contributed by atoms with Crippen molar-refractivity contribution >= 4 is 16.7 Å². The lowest BCUT2D eigenvalue weighted by Crippen LogP contribution is -2.43. The normalized spacial score (nSPS) is 14.5. The third-order valence-corrected chi connectivity index (χ3v) is 3.56. The van der Waals surface area contributed by atoms with E-state index in [-0.39, 0.29) is 11.5 Å². The summed E-state index contributed by atoms with van der Waals surface area (Å²) in [6.45, 7) is 1.43. The number of fused-ring (bicyclic) bond motifs is 1. The quantitative estimate of drug-likeness (QED) is 0.780. The van der Waals surface area contributed by atoms with Crippen LogP contribution < -0.4 is 5.56 Å². The van der Waals surface area contributed by atoms with Crippen LogP contribution in [0.4, 0.5) is 4.39 Å². The maximum Gasteiger partial charge on any atom is 0.270 e. The monoisotopic (exact) mass is 260 g/mol. The lowest BCUT2D eigenvalue weighted by Gasteiger charge is -2.31. The van der Waals surface area contributed by atoms with E-state index in [2.05, 4.69) is 0 Å². The molecule has 2 heterocycles. The highest BCUT2D eigenvalue weighted by atomic mass is 19.1. The van der Waals surface area contributed by atoms with Gasteiger partial charge in [0.25, 0.3) is 11.5 Å². The largest absolute Gasteiger partial charge is 0.337 e. The fourth-order valence-corrected chi connectivity index (χ4v) is 2.27. The van der Waals surface area contributed by atoms with Gasteiger partial charge in [-0.2, -0.15) is 0 Å². The van der Waals surface area contributed by atoms with Crippen molar-refractivity contribution in [1.29, 1.82) is 0 Å². The number of rotatable bonds is 1. The number of carbonyl (C=O) groups is 1. The number of likely N-dealkylation sites (tertiary alicyclic amines) is 1. The van der Waals surface area contributed by atoms with Gasteiger partial charge in [0.1, 0.15) is 11.5 Å². The summed E-state index contributed by atoms with van der Waals surface area (Å²) < 4.78 is 14.6. The molecule has 3 rings (SSSR count). The minimum absolute atomic E-state index is 0.169. The molecule has 5 heteroatoms. The second-order valence-electron chi connectivity index (χ2n) is 4.77. The van der Waals surface area contributed by atoms with E-state index in [1.54, 1.807) is 18.0 Å². The summed E-state index contributed by atoms with van der Waals surface area (Å²) in [5, 5.41) is 0.885. The molecule has 0 atom stereocenters. The zero-order valence-electron chi connectivity index (χ0n) is 10.5. The number of aromatic nitrogens is 1. The molecule has 1 aromatic heterocycles. The van der Waals surface area contributed by atoms with Gasteiger partial charge in [-0.15, -0.1) is 0 Å². The fourth-order valence-electron chi connectivity index (χ4n) is 2.27. The number of carbonyl (C=O) groups excluding carboxylic acids is 1. The molecule has 4 nitrogen and oxygen atoms in total. The maximum atomic E-state index is 13.2. The molecule has 1 fully saturated rings. The molecule has 1 amide bonds. The number of halogens is 1. The summed E-state index contributed by atoms with van der Waals surface area (Å²) in [6, 6.07) is 5.57. The van der Waals surface area contributed by atoms with Gasteiger partial charge >= 0.3 is 0 Å². The second-order valence-corrected chi connectivity index (χ2v) is 4.77. The van der Waals surface area contributed by atoms with E-state index in [0.29, 0.717) is 29.6 Å². The minimum atomic E-state index is -0.414. The van der Waals surface area contributed by atoms with Gasteiger partial charge in [0, 0.05) is 25.5 Å². The van der Waals surface area contributed by atoms with Crippen molar-refractivity contribution in [2.24, 2.45) is 7.05 Å². The molecule has 0 N–H and O–H groups in total. The van der Waals surface area contributed by atoms with Crippen LogP contribution in [0.25, 0.3) is 10.8 Å². The van der Waals surface area contributed by atoms with Crippen LogP contribution in [0.1, 0.15) is 16.9 Å². The van der Waals surface area contributed by atoms with Crippen molar-refractivity contribution in [3.8, 4) is 0 Å². The molecule has 19 heavy (non-hydrogen) atoms. The zero-order chi connectivity index (χ0) is 13.6. The van der Waals surface area contributed by atoms with E-state index in [4.69, 9.17) is 0 Å². The molecule has 98 valence electrons. The molecule has 0 bridgehead atoms. The Balaban J connectivity index is 2.22. The van der Waals surface area contributed by atoms with Crippen LogP contribution in [-0.2, 0) is 7.05 Å². The summed E-state index contributed by atoms with van der Waals surface area (Å²) in [5.41, 5.74) is 0.0316. The van der Waals surface area contributed by atoms with Crippen LogP contribution in [0.5, 0.6) is 0 Å². The predicted octanol–water partition coefficient (Wildman–Crippen LogP) is 1.52. The minimum Gasteiger partial charge on any atom is -0.337 e. The summed E-state index contributed by atoms with van der Waals surface area (Å²) in [5.74, 6) is -0.583. The molecule has 1 aliphatic rings. The molecule has 0 unspecified atom stereocenters. The molecule has 0 saturated carbocycles. The predicted molar refractivity (Wildman–Crippen MR) is 69.7 cm³/mol. The first-order valence-electron chi connectivity index (χ1n) is 6.16. The van der Waals surface area contributed by atoms with Gasteiger partial charge < -0.3 is 9.47 Å². The van der Waals surface area contributed by atoms with E-state index >= 15 is 0 Å². The first-order valence-corrected chi connectivity index (χ1v) is 6.16. The van der Waals surface area contributed by atoms with Gasteiger partial charge in [-0.25, -0.2) is 4.39 Å². The third kappa shape index (κ3) is 1.82. The highest BCUT2D eigenvalue weighted by molar-refractivity contribution is 5.97. The van der Waals surface area contributed by atoms with E-state index in [0.717, 1.165) is 6.42 Å². The molecule has 0 spiro atoms. The Morgan fingerprint density at radius 2 is 2.00 bits per heavy atom. The van der Waals surface area contributed by atoms with Gasteiger partial charge in [-0.05, 0) is 36.1 Å². The topological polar surface area (TPSA) is 42.3 Å². The Morgan fingerprint density at radius 3 is 2.63 bits per heavy atom. The molecular weight excluding hydrogens is 247 g/mol. The Bertz CT molecular complexity index is 732. The number of pyridine rings is 1. The zero-order valence-corrected chi connectivity index (χ0v) is 10.5. The smallest absolute Gasteiger partial charge is 0.270 e. The van der Waals surface area contributed by atoms with E-state index in [1.807, 2.05) is 0 Å². The molecular formula is C14H13FN2O2. The molecule has 0 aliphatic carbocycles. The van der Waals surface area contributed by atoms with Crippen molar-refractivity contribution in [3.63, 3.8) is 0 Å². The van der Waals surface area contributed by atoms with Crippen molar-refractivity contribution in [3.05, 3.63) is 46.1 Å². The van der Waals surface area contributed by atoms with Gasteiger partial charge in [-0.1, -0.05) is 0 Å². The Labute approximate surface area is 109 Å². The number of benzene rings is 1. The maximum absolute atomic E-state index is 13.2. The summed E-state index contributed by atoms with van der Waals surface area (Å²) in [4.78, 5) is 26.0. The highest BCUT2D eigenvalue weighted by Gasteiger charge is 2.24. The van der Waals surface area contributed by atoms with Crippen LogP contribution in [0.15, 0.2) is 29.1 Å². The van der Waals surface area contributed by atoms with Crippen molar-refractivity contribution < 1.29 is 9.18 Å². The van der Waals surface area contributed by atoms with Crippen LogP contribution in [0.2, 0.25) is 0 Å². The second kappa shape index (κ2) is 4.19. The van der Waals surface area contributed by atoms with Gasteiger partial charge in [-0.3, -0.25) is 9.59 Å². The van der Waals surface area contributed by atoms with Crippen molar-refractivity contribution in [2.45, 2.75) is 6.42 Å². The Morgan fingerprint density at radius 1 is 1.26 bits per heavy atom. The van der Waals surface area contributed by atoms with Crippen LogP contribution in [-0.4, -0.2) is 28.5 Å². The van der Waals surface area contributed by atoms with Gasteiger partial charge in [0.05, 0.1) is 0 Å². The van der Waals surface area contributed by atoms with Gasteiger partial charge in [0.2, 0.25) is 0 Å². The number of nitrogens with zero attached hydrogens (tertiary/aromatic N) is 2. The molecule has 1 aliphatic heterocycles. The average molecular weight is 260 g/mol. The molecule has 2 aromatic rings. The molecule has 1 saturated heterocycles. The number of hydrogen-bond donors (Lipinski definition) is 0. The first kappa shape index (κ1) is 11.9. The lowest BCUT2D eigenvalue weighted by molar-refractivity contribution is 0.0640. The Hall–Kier alpha value is -2.17. The van der Waals surface area contributed by atoms with Gasteiger partial charge in [0.15, 0.2) is 0 Å². The SMILES string of the molecule is Cn1c(C(=O)N2CCC2)cc2cc(F)ccc2c1=O. The standard InChI is InChI=1S/C14H13FN2O2/c1-16-12(14(19)17-5-2-6-17)8-9-7-10(15)3-4-11(9)13(16)18/h3-4,7-8H,2,5-6H2,1H3. The van der Waals surface area contributed by atoms with Crippen LogP contribution >= 0.6 is 0 Å². The van der Waals surface area contributed by atoms with Crippen LogP contribution in [0, 0.1) is 5.82 Å². The average Bonchev–Trinajstić information content (AvgIpc) is 2.31. The lowest BCUT2D eigenvalue weighted by atomic mass is 10.1. The van der Waals surface area contributed by atoms with Crippen molar-refractivity contribution in [2.75, 3.05) is 13.1 Å².